The Balaban J connectivity index is 1.91. The first-order chi connectivity index (χ1) is 7.79. The molecule has 1 atom stereocenters. The molecule has 0 unspecified atom stereocenters. The second kappa shape index (κ2) is 5.72. The van der Waals surface area contributed by atoms with E-state index in [1.54, 1.807) is 18.4 Å². The molecule has 1 saturated heterocycles. The van der Waals surface area contributed by atoms with Crippen molar-refractivity contribution in [3.8, 4) is 0 Å². The molecule has 16 heavy (non-hydrogen) atoms. The lowest BCUT2D eigenvalue weighted by Gasteiger charge is -2.33. The summed E-state index contributed by atoms with van der Waals surface area (Å²) in [5.41, 5.74) is 1.17. The molecule has 0 radical (unpaired) electrons. The molecule has 90 valence electrons. The number of aromatic nitrogens is 1. The Morgan fingerprint density at radius 3 is 3.31 bits per heavy atom. The first-order valence-corrected chi connectivity index (χ1v) is 6.54. The van der Waals surface area contributed by atoms with E-state index in [9.17, 15) is 0 Å². The quantitative estimate of drug-likeness (QED) is 0.856. The lowest BCUT2D eigenvalue weighted by molar-refractivity contribution is 0.163. The summed E-state index contributed by atoms with van der Waals surface area (Å²) in [6, 6.07) is 0.598. The van der Waals surface area contributed by atoms with Crippen LogP contribution in [0, 0.1) is 0 Å². The van der Waals surface area contributed by atoms with E-state index in [4.69, 9.17) is 4.74 Å². The SMILES string of the molecule is COCc1nc(CN2CCNC[C@@H]2C)cs1. The second-order valence-corrected chi connectivity index (χ2v) is 5.13. The van der Waals surface area contributed by atoms with Crippen LogP contribution in [0.2, 0.25) is 0 Å². The Labute approximate surface area is 101 Å². The topological polar surface area (TPSA) is 37.4 Å². The maximum absolute atomic E-state index is 5.08. The molecule has 0 saturated carbocycles. The van der Waals surface area contributed by atoms with Gasteiger partial charge in [0.1, 0.15) is 5.01 Å². The maximum Gasteiger partial charge on any atom is 0.119 e. The molecular weight excluding hydrogens is 222 g/mol. The maximum atomic E-state index is 5.08. The minimum absolute atomic E-state index is 0.598. The van der Waals surface area contributed by atoms with E-state index in [0.29, 0.717) is 12.6 Å². The first kappa shape index (κ1) is 12.0. The number of rotatable bonds is 4. The van der Waals surface area contributed by atoms with Crippen molar-refractivity contribution in [2.75, 3.05) is 26.7 Å². The zero-order valence-electron chi connectivity index (χ0n) is 9.90. The van der Waals surface area contributed by atoms with Crippen molar-refractivity contribution in [2.45, 2.75) is 26.1 Å². The number of nitrogens with zero attached hydrogens (tertiary/aromatic N) is 2. The van der Waals surface area contributed by atoms with E-state index in [2.05, 4.69) is 27.5 Å². The Kier molecular flexibility index (Phi) is 4.29. The lowest BCUT2D eigenvalue weighted by Crippen LogP contribution is -2.49. The number of ether oxygens (including phenoxy) is 1. The molecule has 1 aromatic rings. The highest BCUT2D eigenvalue weighted by Gasteiger charge is 2.18. The zero-order chi connectivity index (χ0) is 11.4. The van der Waals surface area contributed by atoms with Crippen LogP contribution in [-0.2, 0) is 17.9 Å². The van der Waals surface area contributed by atoms with Crippen LogP contribution in [-0.4, -0.2) is 42.7 Å². The molecule has 1 aromatic heterocycles. The van der Waals surface area contributed by atoms with Crippen LogP contribution in [0.3, 0.4) is 0 Å². The third-order valence-electron chi connectivity index (χ3n) is 2.87. The van der Waals surface area contributed by atoms with Gasteiger partial charge in [0.15, 0.2) is 0 Å². The largest absolute Gasteiger partial charge is 0.378 e. The molecule has 1 N–H and O–H groups in total. The molecule has 5 heteroatoms. The van der Waals surface area contributed by atoms with Crippen LogP contribution in [0.1, 0.15) is 17.6 Å². The lowest BCUT2D eigenvalue weighted by atomic mass is 10.2. The molecule has 0 aliphatic carbocycles. The zero-order valence-corrected chi connectivity index (χ0v) is 10.7. The summed E-state index contributed by atoms with van der Waals surface area (Å²) in [4.78, 5) is 7.03. The third kappa shape index (κ3) is 3.01. The van der Waals surface area contributed by atoms with Crippen molar-refractivity contribution in [2.24, 2.45) is 0 Å². The average Bonchev–Trinajstić information content (AvgIpc) is 2.70. The van der Waals surface area contributed by atoms with Gasteiger partial charge in [0.2, 0.25) is 0 Å². The summed E-state index contributed by atoms with van der Waals surface area (Å²) >= 11 is 1.69. The molecule has 0 aromatic carbocycles. The predicted octanol–water partition coefficient (Wildman–Crippen LogP) is 1.08. The van der Waals surface area contributed by atoms with Gasteiger partial charge in [-0.15, -0.1) is 11.3 Å². The molecular formula is C11H19N3OS. The minimum Gasteiger partial charge on any atom is -0.378 e. The fraction of sp³-hybridized carbons (Fsp3) is 0.727. The third-order valence-corrected chi connectivity index (χ3v) is 3.74. The highest BCUT2D eigenvalue weighted by atomic mass is 32.1. The molecule has 2 heterocycles. The van der Waals surface area contributed by atoms with Crippen molar-refractivity contribution < 1.29 is 4.74 Å². The van der Waals surface area contributed by atoms with Crippen molar-refractivity contribution in [3.63, 3.8) is 0 Å². The second-order valence-electron chi connectivity index (χ2n) is 4.19. The van der Waals surface area contributed by atoms with Gasteiger partial charge >= 0.3 is 0 Å². The normalized spacial score (nSPS) is 22.5. The van der Waals surface area contributed by atoms with Crippen LogP contribution in [0.4, 0.5) is 0 Å². The number of methoxy groups -OCH3 is 1. The van der Waals surface area contributed by atoms with Crippen molar-refractivity contribution in [3.05, 3.63) is 16.1 Å². The number of hydrogen-bond acceptors (Lipinski definition) is 5. The van der Waals surface area contributed by atoms with E-state index < -0.39 is 0 Å². The van der Waals surface area contributed by atoms with E-state index in [1.165, 1.54) is 5.69 Å². The first-order valence-electron chi connectivity index (χ1n) is 5.66. The molecule has 1 aliphatic heterocycles. The highest BCUT2D eigenvalue weighted by Crippen LogP contribution is 2.14. The number of piperazine rings is 1. The molecule has 2 rings (SSSR count). The highest BCUT2D eigenvalue weighted by molar-refractivity contribution is 7.09. The van der Waals surface area contributed by atoms with Crippen molar-refractivity contribution in [1.82, 2.24) is 15.2 Å². The van der Waals surface area contributed by atoms with Crippen molar-refractivity contribution >= 4 is 11.3 Å². The fourth-order valence-electron chi connectivity index (χ4n) is 1.94. The van der Waals surface area contributed by atoms with E-state index in [-0.39, 0.29) is 0 Å². The average molecular weight is 241 g/mol. The Morgan fingerprint density at radius 2 is 2.56 bits per heavy atom. The van der Waals surface area contributed by atoms with Crippen LogP contribution < -0.4 is 5.32 Å². The Morgan fingerprint density at radius 1 is 1.69 bits per heavy atom. The monoisotopic (exact) mass is 241 g/mol. The van der Waals surface area contributed by atoms with Crippen molar-refractivity contribution in [1.29, 1.82) is 0 Å². The van der Waals surface area contributed by atoms with Crippen LogP contribution in [0.5, 0.6) is 0 Å². The van der Waals surface area contributed by atoms with Gasteiger partial charge in [-0.25, -0.2) is 4.98 Å². The van der Waals surface area contributed by atoms with E-state index in [1.807, 2.05) is 0 Å². The number of thiazole rings is 1. The van der Waals surface area contributed by atoms with Gasteiger partial charge in [0.05, 0.1) is 12.3 Å². The van der Waals surface area contributed by atoms with Gasteiger partial charge in [0, 0.05) is 44.7 Å². The van der Waals surface area contributed by atoms with Crippen LogP contribution >= 0.6 is 11.3 Å². The molecule has 1 aliphatic rings. The minimum atomic E-state index is 0.598. The van der Waals surface area contributed by atoms with Crippen LogP contribution in [0.15, 0.2) is 5.38 Å². The summed E-state index contributed by atoms with van der Waals surface area (Å²) in [6.45, 7) is 7.12. The molecule has 0 bridgehead atoms. The molecule has 0 amide bonds. The van der Waals surface area contributed by atoms with E-state index >= 15 is 0 Å². The summed E-state index contributed by atoms with van der Waals surface area (Å²) in [7, 11) is 1.71. The van der Waals surface area contributed by atoms with Gasteiger partial charge in [-0.2, -0.15) is 0 Å². The predicted molar refractivity (Wildman–Crippen MR) is 65.6 cm³/mol. The standard InChI is InChI=1S/C11H19N3OS/c1-9-5-12-3-4-14(9)6-10-8-16-11(13-10)7-15-2/h8-9,12H,3-7H2,1-2H3/t9-/m0/s1. The number of hydrogen-bond donors (Lipinski definition) is 1. The smallest absolute Gasteiger partial charge is 0.119 e. The summed E-state index contributed by atoms with van der Waals surface area (Å²) in [5.74, 6) is 0. The number of nitrogens with one attached hydrogen (secondary N) is 1. The molecule has 0 spiro atoms. The summed E-state index contributed by atoms with van der Waals surface area (Å²) < 4.78 is 5.08. The Bertz CT molecular complexity index is 329. The Hall–Kier alpha value is -0.490. The van der Waals surface area contributed by atoms with Gasteiger partial charge in [0.25, 0.3) is 0 Å². The molecule has 1 fully saturated rings. The summed E-state index contributed by atoms with van der Waals surface area (Å²) in [5, 5.41) is 6.61. The van der Waals surface area contributed by atoms with Gasteiger partial charge < -0.3 is 10.1 Å². The van der Waals surface area contributed by atoms with Crippen LogP contribution in [0.25, 0.3) is 0 Å². The van der Waals surface area contributed by atoms with Gasteiger partial charge in [-0.1, -0.05) is 0 Å². The van der Waals surface area contributed by atoms with Gasteiger partial charge in [-0.3, -0.25) is 4.90 Å². The fourth-order valence-corrected chi connectivity index (χ4v) is 2.69. The summed E-state index contributed by atoms with van der Waals surface area (Å²) in [6.07, 6.45) is 0. The van der Waals surface area contributed by atoms with Gasteiger partial charge in [-0.05, 0) is 6.92 Å². The van der Waals surface area contributed by atoms with E-state index in [0.717, 1.165) is 31.2 Å². The molecule has 4 nitrogen and oxygen atoms in total.